The van der Waals surface area contributed by atoms with Crippen molar-refractivity contribution in [1.82, 2.24) is 9.80 Å². The Balaban J connectivity index is 2.03. The maximum atomic E-state index is 12.4. The van der Waals surface area contributed by atoms with E-state index in [1.165, 1.54) is 0 Å². The first-order chi connectivity index (χ1) is 8.65. The molecule has 6 heteroatoms. The van der Waals surface area contributed by atoms with Crippen molar-refractivity contribution < 1.29 is 14.3 Å². The highest BCUT2D eigenvalue weighted by Gasteiger charge is 2.38. The highest BCUT2D eigenvalue weighted by Crippen LogP contribution is 2.17. The molecule has 0 radical (unpaired) electrons. The first-order valence-corrected chi connectivity index (χ1v) is 6.57. The first-order valence-electron chi connectivity index (χ1n) is 6.57. The SMILES string of the molecule is CC[C@@H](C(=O)N1CCOCC1)N1CC[C@H](N)C1=O. The number of hydrogen-bond donors (Lipinski definition) is 1. The largest absolute Gasteiger partial charge is 0.378 e. The molecule has 2 N–H and O–H groups in total. The van der Waals surface area contributed by atoms with Crippen LogP contribution in [0.25, 0.3) is 0 Å². The van der Waals surface area contributed by atoms with Gasteiger partial charge in [-0.05, 0) is 12.8 Å². The van der Waals surface area contributed by atoms with Gasteiger partial charge in [-0.2, -0.15) is 0 Å². The molecule has 2 amide bonds. The third-order valence-electron chi connectivity index (χ3n) is 3.65. The van der Waals surface area contributed by atoms with Gasteiger partial charge >= 0.3 is 0 Å². The number of morpholine rings is 1. The van der Waals surface area contributed by atoms with Gasteiger partial charge < -0.3 is 20.3 Å². The fourth-order valence-electron chi connectivity index (χ4n) is 2.56. The molecule has 0 spiro atoms. The number of carbonyl (C=O) groups excluding carboxylic acids is 2. The minimum absolute atomic E-state index is 0.0308. The van der Waals surface area contributed by atoms with E-state index in [1.807, 2.05) is 6.92 Å². The Kier molecular flexibility index (Phi) is 4.19. The van der Waals surface area contributed by atoms with Crippen molar-refractivity contribution in [2.75, 3.05) is 32.8 Å². The summed E-state index contributed by atoms with van der Waals surface area (Å²) in [6.45, 7) is 4.91. The summed E-state index contributed by atoms with van der Waals surface area (Å²) in [7, 11) is 0. The van der Waals surface area contributed by atoms with Crippen LogP contribution >= 0.6 is 0 Å². The molecule has 0 aromatic carbocycles. The molecule has 0 saturated carbocycles. The van der Waals surface area contributed by atoms with Crippen molar-refractivity contribution >= 4 is 11.8 Å². The predicted molar refractivity (Wildman–Crippen MR) is 65.8 cm³/mol. The first kappa shape index (κ1) is 13.3. The van der Waals surface area contributed by atoms with Crippen molar-refractivity contribution in [3.63, 3.8) is 0 Å². The van der Waals surface area contributed by atoms with Crippen LogP contribution in [0.5, 0.6) is 0 Å². The van der Waals surface area contributed by atoms with Crippen LogP contribution in [0.4, 0.5) is 0 Å². The number of rotatable bonds is 3. The summed E-state index contributed by atoms with van der Waals surface area (Å²) >= 11 is 0. The molecule has 2 fully saturated rings. The van der Waals surface area contributed by atoms with Crippen molar-refractivity contribution in [3.8, 4) is 0 Å². The summed E-state index contributed by atoms with van der Waals surface area (Å²) in [5, 5.41) is 0. The number of amides is 2. The molecule has 2 saturated heterocycles. The Bertz CT molecular complexity index is 329. The Labute approximate surface area is 107 Å². The van der Waals surface area contributed by atoms with Gasteiger partial charge in [-0.3, -0.25) is 9.59 Å². The normalized spacial score (nSPS) is 26.6. The summed E-state index contributed by atoms with van der Waals surface area (Å²) in [4.78, 5) is 27.7. The number of carbonyl (C=O) groups is 2. The Morgan fingerprint density at radius 3 is 2.61 bits per heavy atom. The number of nitrogens with two attached hydrogens (primary N) is 1. The van der Waals surface area contributed by atoms with Crippen LogP contribution in [-0.2, 0) is 14.3 Å². The summed E-state index contributed by atoms with van der Waals surface area (Å²) in [6.07, 6.45) is 1.28. The zero-order valence-corrected chi connectivity index (χ0v) is 10.8. The standard InChI is InChI=1S/C12H21N3O3/c1-2-10(15-4-3-9(13)11(15)16)12(17)14-5-7-18-8-6-14/h9-10H,2-8,13H2,1H3/t9-,10-/m0/s1. The van der Waals surface area contributed by atoms with E-state index in [0.717, 1.165) is 0 Å². The Hall–Kier alpha value is -1.14. The fourth-order valence-corrected chi connectivity index (χ4v) is 2.56. The number of hydrogen-bond acceptors (Lipinski definition) is 4. The highest BCUT2D eigenvalue weighted by molar-refractivity contribution is 5.91. The third kappa shape index (κ3) is 2.49. The lowest BCUT2D eigenvalue weighted by Crippen LogP contribution is -2.53. The van der Waals surface area contributed by atoms with Crippen LogP contribution < -0.4 is 5.73 Å². The molecular weight excluding hydrogens is 234 g/mol. The van der Waals surface area contributed by atoms with Gasteiger partial charge in [0.25, 0.3) is 0 Å². The van der Waals surface area contributed by atoms with Crippen LogP contribution in [0.15, 0.2) is 0 Å². The van der Waals surface area contributed by atoms with E-state index in [4.69, 9.17) is 10.5 Å². The second kappa shape index (κ2) is 5.67. The molecule has 2 atom stereocenters. The van der Waals surface area contributed by atoms with Crippen molar-refractivity contribution in [2.24, 2.45) is 5.73 Å². The molecule has 2 aliphatic heterocycles. The molecule has 0 aromatic heterocycles. The molecule has 18 heavy (non-hydrogen) atoms. The maximum absolute atomic E-state index is 12.4. The molecular formula is C12H21N3O3. The summed E-state index contributed by atoms with van der Waals surface area (Å²) < 4.78 is 5.23. The van der Waals surface area contributed by atoms with Gasteiger partial charge in [0, 0.05) is 19.6 Å². The molecule has 102 valence electrons. The highest BCUT2D eigenvalue weighted by atomic mass is 16.5. The van der Waals surface area contributed by atoms with E-state index in [2.05, 4.69) is 0 Å². The third-order valence-corrected chi connectivity index (χ3v) is 3.65. The maximum Gasteiger partial charge on any atom is 0.245 e. The zero-order chi connectivity index (χ0) is 13.1. The molecule has 2 heterocycles. The van der Waals surface area contributed by atoms with Crippen molar-refractivity contribution in [3.05, 3.63) is 0 Å². The van der Waals surface area contributed by atoms with Crippen LogP contribution in [-0.4, -0.2) is 66.5 Å². The van der Waals surface area contributed by atoms with E-state index < -0.39 is 6.04 Å². The molecule has 0 aromatic rings. The summed E-state index contributed by atoms with van der Waals surface area (Å²) in [6, 6.07) is -0.791. The quantitative estimate of drug-likeness (QED) is 0.715. The second-order valence-electron chi connectivity index (χ2n) is 4.79. The van der Waals surface area contributed by atoms with Gasteiger partial charge in [-0.25, -0.2) is 0 Å². The van der Waals surface area contributed by atoms with Gasteiger partial charge in [-0.15, -0.1) is 0 Å². The molecule has 0 unspecified atom stereocenters. The van der Waals surface area contributed by atoms with Crippen molar-refractivity contribution in [2.45, 2.75) is 31.8 Å². The number of likely N-dealkylation sites (tertiary alicyclic amines) is 1. The minimum Gasteiger partial charge on any atom is -0.378 e. The number of nitrogens with zero attached hydrogens (tertiary/aromatic N) is 2. The van der Waals surface area contributed by atoms with Crippen LogP contribution in [0, 0.1) is 0 Å². The zero-order valence-electron chi connectivity index (χ0n) is 10.8. The van der Waals surface area contributed by atoms with Gasteiger partial charge in [0.15, 0.2) is 0 Å². The topological polar surface area (TPSA) is 75.9 Å². The molecule has 2 aliphatic rings. The summed E-state index contributed by atoms with van der Waals surface area (Å²) in [5.41, 5.74) is 5.70. The average Bonchev–Trinajstić information content (AvgIpc) is 2.73. The van der Waals surface area contributed by atoms with Crippen LogP contribution in [0.3, 0.4) is 0 Å². The molecule has 6 nitrogen and oxygen atoms in total. The van der Waals surface area contributed by atoms with E-state index in [1.54, 1.807) is 9.80 Å². The molecule has 0 bridgehead atoms. The van der Waals surface area contributed by atoms with Crippen molar-refractivity contribution in [1.29, 1.82) is 0 Å². The second-order valence-corrected chi connectivity index (χ2v) is 4.79. The van der Waals surface area contributed by atoms with Crippen LogP contribution in [0.2, 0.25) is 0 Å². The Morgan fingerprint density at radius 2 is 2.11 bits per heavy atom. The molecule has 2 rings (SSSR count). The lowest BCUT2D eigenvalue weighted by atomic mass is 10.1. The monoisotopic (exact) mass is 255 g/mol. The lowest BCUT2D eigenvalue weighted by molar-refractivity contribution is -0.146. The van der Waals surface area contributed by atoms with Crippen LogP contribution in [0.1, 0.15) is 19.8 Å². The predicted octanol–water partition coefficient (Wildman–Crippen LogP) is -0.817. The summed E-state index contributed by atoms with van der Waals surface area (Å²) in [5.74, 6) is -0.0632. The van der Waals surface area contributed by atoms with E-state index in [9.17, 15) is 9.59 Å². The van der Waals surface area contributed by atoms with Gasteiger partial charge in [-0.1, -0.05) is 6.92 Å². The fraction of sp³-hybridized carbons (Fsp3) is 0.833. The van der Waals surface area contributed by atoms with Gasteiger partial charge in [0.1, 0.15) is 6.04 Å². The van der Waals surface area contributed by atoms with E-state index in [-0.39, 0.29) is 17.9 Å². The smallest absolute Gasteiger partial charge is 0.245 e. The molecule has 0 aliphatic carbocycles. The van der Waals surface area contributed by atoms with Gasteiger partial charge in [0.2, 0.25) is 11.8 Å². The minimum atomic E-state index is -0.434. The van der Waals surface area contributed by atoms with E-state index in [0.29, 0.717) is 45.7 Å². The Morgan fingerprint density at radius 1 is 1.44 bits per heavy atom. The average molecular weight is 255 g/mol. The number of ether oxygens (including phenoxy) is 1. The van der Waals surface area contributed by atoms with Gasteiger partial charge in [0.05, 0.1) is 19.3 Å². The van der Waals surface area contributed by atoms with E-state index >= 15 is 0 Å². The lowest BCUT2D eigenvalue weighted by Gasteiger charge is -2.34.